The van der Waals surface area contributed by atoms with Crippen LogP contribution in [-0.2, 0) is 6.54 Å². The molecule has 0 aromatic carbocycles. The van der Waals surface area contributed by atoms with E-state index in [1.165, 1.54) is 6.26 Å². The Balaban J connectivity index is 2.09. The molecule has 0 spiro atoms. The smallest absolute Gasteiger partial charge is 0.231 e. The lowest BCUT2D eigenvalue weighted by atomic mass is 10.1. The Morgan fingerprint density at radius 3 is 2.71 bits per heavy atom. The van der Waals surface area contributed by atoms with Gasteiger partial charge in [0.15, 0.2) is 0 Å². The molecule has 0 fully saturated rings. The molecule has 2 aromatic heterocycles. The van der Waals surface area contributed by atoms with E-state index in [1.54, 1.807) is 12.3 Å². The summed E-state index contributed by atoms with van der Waals surface area (Å²) in [4.78, 5) is 4.34. The SMILES string of the molecule is CC(C)(C)NCc1coc(-c2ccoc2Cl)n1. The van der Waals surface area contributed by atoms with Gasteiger partial charge in [0, 0.05) is 12.1 Å². The van der Waals surface area contributed by atoms with E-state index in [0.29, 0.717) is 23.2 Å². The lowest BCUT2D eigenvalue weighted by Crippen LogP contribution is -2.35. The van der Waals surface area contributed by atoms with Gasteiger partial charge in [0.25, 0.3) is 0 Å². The predicted octanol–water partition coefficient (Wildman–Crippen LogP) is 3.48. The van der Waals surface area contributed by atoms with Crippen molar-refractivity contribution in [2.24, 2.45) is 0 Å². The van der Waals surface area contributed by atoms with Gasteiger partial charge in [-0.15, -0.1) is 0 Å². The fourth-order valence-electron chi connectivity index (χ4n) is 1.31. The largest absolute Gasteiger partial charge is 0.452 e. The second-order valence-corrected chi connectivity index (χ2v) is 5.20. The average molecular weight is 255 g/mol. The first-order valence-corrected chi connectivity index (χ1v) is 5.76. The van der Waals surface area contributed by atoms with Crippen LogP contribution in [0.1, 0.15) is 26.5 Å². The zero-order chi connectivity index (χ0) is 12.5. The van der Waals surface area contributed by atoms with Crippen molar-refractivity contribution in [1.82, 2.24) is 10.3 Å². The van der Waals surface area contributed by atoms with Crippen LogP contribution in [0.5, 0.6) is 0 Å². The normalized spacial score (nSPS) is 12.0. The number of aromatic nitrogens is 1. The van der Waals surface area contributed by atoms with Gasteiger partial charge < -0.3 is 14.2 Å². The summed E-state index contributed by atoms with van der Waals surface area (Å²) >= 11 is 5.85. The van der Waals surface area contributed by atoms with E-state index in [9.17, 15) is 0 Å². The highest BCUT2D eigenvalue weighted by Crippen LogP contribution is 2.27. The summed E-state index contributed by atoms with van der Waals surface area (Å²) in [6.45, 7) is 6.95. The molecule has 0 saturated heterocycles. The van der Waals surface area contributed by atoms with E-state index in [4.69, 9.17) is 20.4 Å². The molecule has 2 aromatic rings. The van der Waals surface area contributed by atoms with E-state index in [0.717, 1.165) is 5.69 Å². The van der Waals surface area contributed by atoms with Crippen LogP contribution in [0.4, 0.5) is 0 Å². The lowest BCUT2D eigenvalue weighted by molar-refractivity contribution is 0.421. The third-order valence-electron chi connectivity index (χ3n) is 2.20. The minimum Gasteiger partial charge on any atom is -0.452 e. The van der Waals surface area contributed by atoms with Crippen LogP contribution in [-0.4, -0.2) is 10.5 Å². The van der Waals surface area contributed by atoms with Crippen LogP contribution < -0.4 is 5.32 Å². The molecular weight excluding hydrogens is 240 g/mol. The molecule has 0 aliphatic carbocycles. The number of nitrogens with zero attached hydrogens (tertiary/aromatic N) is 1. The molecule has 17 heavy (non-hydrogen) atoms. The molecule has 0 radical (unpaired) electrons. The molecule has 0 aliphatic heterocycles. The Hall–Kier alpha value is -1.26. The zero-order valence-corrected chi connectivity index (χ0v) is 10.8. The summed E-state index contributed by atoms with van der Waals surface area (Å²) in [5, 5.41) is 3.63. The highest BCUT2D eigenvalue weighted by atomic mass is 35.5. The fourth-order valence-corrected chi connectivity index (χ4v) is 1.51. The Morgan fingerprint density at radius 2 is 2.12 bits per heavy atom. The summed E-state index contributed by atoms with van der Waals surface area (Å²) in [6.07, 6.45) is 3.13. The molecule has 0 aliphatic rings. The topological polar surface area (TPSA) is 51.2 Å². The first-order valence-electron chi connectivity index (χ1n) is 5.38. The second-order valence-electron chi connectivity index (χ2n) is 4.86. The van der Waals surface area contributed by atoms with Crippen LogP contribution in [0.2, 0.25) is 5.22 Å². The summed E-state index contributed by atoms with van der Waals surface area (Å²) in [5.41, 5.74) is 1.56. The van der Waals surface area contributed by atoms with Crippen molar-refractivity contribution in [3.05, 3.63) is 29.5 Å². The lowest BCUT2D eigenvalue weighted by Gasteiger charge is -2.19. The van der Waals surface area contributed by atoms with Crippen molar-refractivity contribution in [1.29, 1.82) is 0 Å². The van der Waals surface area contributed by atoms with Crippen molar-refractivity contribution in [3.8, 4) is 11.5 Å². The number of rotatable bonds is 3. The van der Waals surface area contributed by atoms with Gasteiger partial charge in [0.2, 0.25) is 11.1 Å². The minimum atomic E-state index is 0.0480. The number of nitrogens with one attached hydrogen (secondary N) is 1. The summed E-state index contributed by atoms with van der Waals surface area (Å²) in [5.74, 6) is 0.481. The van der Waals surface area contributed by atoms with Crippen LogP contribution in [0, 0.1) is 0 Å². The van der Waals surface area contributed by atoms with Gasteiger partial charge in [0.1, 0.15) is 6.26 Å². The van der Waals surface area contributed by atoms with E-state index < -0.39 is 0 Å². The summed E-state index contributed by atoms with van der Waals surface area (Å²) in [7, 11) is 0. The maximum absolute atomic E-state index is 5.85. The van der Waals surface area contributed by atoms with E-state index in [1.807, 2.05) is 0 Å². The molecule has 0 bridgehead atoms. The Morgan fingerprint density at radius 1 is 1.35 bits per heavy atom. The number of hydrogen-bond donors (Lipinski definition) is 1. The predicted molar refractivity (Wildman–Crippen MR) is 65.8 cm³/mol. The first-order chi connectivity index (χ1) is 7.96. The van der Waals surface area contributed by atoms with E-state index in [-0.39, 0.29) is 5.54 Å². The van der Waals surface area contributed by atoms with Crippen LogP contribution in [0.3, 0.4) is 0 Å². The van der Waals surface area contributed by atoms with Crippen molar-refractivity contribution in [3.63, 3.8) is 0 Å². The molecule has 1 N–H and O–H groups in total. The Labute approximate surface area is 105 Å². The maximum Gasteiger partial charge on any atom is 0.231 e. The average Bonchev–Trinajstić information content (AvgIpc) is 2.81. The van der Waals surface area contributed by atoms with E-state index in [2.05, 4.69) is 31.1 Å². The number of hydrogen-bond acceptors (Lipinski definition) is 4. The third kappa shape index (κ3) is 3.11. The van der Waals surface area contributed by atoms with Crippen molar-refractivity contribution in [2.45, 2.75) is 32.9 Å². The van der Waals surface area contributed by atoms with Gasteiger partial charge in [-0.2, -0.15) is 0 Å². The second kappa shape index (κ2) is 4.55. The van der Waals surface area contributed by atoms with Crippen LogP contribution in [0.25, 0.3) is 11.5 Å². The molecule has 0 unspecified atom stereocenters. The third-order valence-corrected chi connectivity index (χ3v) is 2.49. The standard InChI is InChI=1S/C12H15ClN2O2/c1-12(2,3)14-6-8-7-17-11(15-8)9-4-5-16-10(9)13/h4-5,7,14H,6H2,1-3H3. The minimum absolute atomic E-state index is 0.0480. The quantitative estimate of drug-likeness (QED) is 0.911. The van der Waals surface area contributed by atoms with Crippen molar-refractivity contribution in [2.75, 3.05) is 0 Å². The summed E-state index contributed by atoms with van der Waals surface area (Å²) < 4.78 is 10.4. The highest BCUT2D eigenvalue weighted by Gasteiger charge is 2.14. The molecule has 92 valence electrons. The van der Waals surface area contributed by atoms with Gasteiger partial charge in [-0.1, -0.05) is 0 Å². The Bertz CT molecular complexity index is 497. The number of halogens is 1. The molecule has 2 heterocycles. The molecule has 0 amide bonds. The van der Waals surface area contributed by atoms with Gasteiger partial charge in [-0.05, 0) is 38.4 Å². The van der Waals surface area contributed by atoms with Gasteiger partial charge in [-0.3, -0.25) is 0 Å². The van der Waals surface area contributed by atoms with Gasteiger partial charge in [-0.25, -0.2) is 4.98 Å². The monoisotopic (exact) mass is 254 g/mol. The molecule has 4 nitrogen and oxygen atoms in total. The zero-order valence-electron chi connectivity index (χ0n) is 10.1. The molecule has 5 heteroatoms. The fraction of sp³-hybridized carbons (Fsp3) is 0.417. The summed E-state index contributed by atoms with van der Waals surface area (Å²) in [6, 6.07) is 1.73. The van der Waals surface area contributed by atoms with E-state index >= 15 is 0 Å². The van der Waals surface area contributed by atoms with Gasteiger partial charge >= 0.3 is 0 Å². The molecule has 0 saturated carbocycles. The van der Waals surface area contributed by atoms with Crippen molar-refractivity contribution >= 4 is 11.6 Å². The molecule has 2 rings (SSSR count). The van der Waals surface area contributed by atoms with Crippen LogP contribution >= 0.6 is 11.6 Å². The van der Waals surface area contributed by atoms with Crippen LogP contribution in [0.15, 0.2) is 27.4 Å². The first kappa shape index (κ1) is 12.2. The maximum atomic E-state index is 5.85. The highest BCUT2D eigenvalue weighted by molar-refractivity contribution is 6.31. The number of furan rings is 1. The van der Waals surface area contributed by atoms with Crippen molar-refractivity contribution < 1.29 is 8.83 Å². The Kier molecular flexibility index (Phi) is 3.26. The number of oxazole rings is 1. The molecular formula is C12H15ClN2O2. The van der Waals surface area contributed by atoms with Gasteiger partial charge in [0.05, 0.1) is 17.5 Å². The molecule has 0 atom stereocenters.